The van der Waals surface area contributed by atoms with Gasteiger partial charge in [0.2, 0.25) is 5.88 Å². The molecule has 4 heteroatoms. The summed E-state index contributed by atoms with van der Waals surface area (Å²) in [4.78, 5) is 4.00. The van der Waals surface area contributed by atoms with E-state index in [0.717, 1.165) is 5.56 Å². The maximum atomic E-state index is 13.5. The van der Waals surface area contributed by atoms with Crippen LogP contribution in [0, 0.1) is 12.7 Å². The normalized spacial score (nSPS) is 10.2. The Morgan fingerprint density at radius 1 is 1.31 bits per heavy atom. The van der Waals surface area contributed by atoms with Crippen molar-refractivity contribution < 1.29 is 9.13 Å². The number of benzene rings is 1. The summed E-state index contributed by atoms with van der Waals surface area (Å²) in [5, 5.41) is 0. The van der Waals surface area contributed by atoms with Gasteiger partial charge < -0.3 is 4.74 Å². The van der Waals surface area contributed by atoms with Gasteiger partial charge in [-0.1, -0.05) is 6.07 Å². The standard InChI is InChI=1S/C12H9BrFNO/c1-8-4-5-11(10(14)7-8)16-12-9(13)3-2-6-15-12/h2-7H,1H3. The first-order chi connectivity index (χ1) is 7.66. The lowest BCUT2D eigenvalue weighted by Gasteiger charge is -2.07. The number of rotatable bonds is 2. The molecule has 2 rings (SSSR count). The number of aromatic nitrogens is 1. The molecule has 1 aromatic carbocycles. The zero-order chi connectivity index (χ0) is 11.5. The Labute approximate surface area is 101 Å². The van der Waals surface area contributed by atoms with Crippen LogP contribution in [-0.2, 0) is 0 Å². The lowest BCUT2D eigenvalue weighted by Crippen LogP contribution is -1.91. The van der Waals surface area contributed by atoms with Crippen LogP contribution in [0.1, 0.15) is 5.56 Å². The second kappa shape index (κ2) is 4.61. The molecular formula is C12H9BrFNO. The van der Waals surface area contributed by atoms with E-state index in [-0.39, 0.29) is 5.75 Å². The van der Waals surface area contributed by atoms with Crippen LogP contribution < -0.4 is 4.74 Å². The molecule has 0 saturated carbocycles. The molecule has 1 heterocycles. The third-order valence-corrected chi connectivity index (χ3v) is 2.62. The van der Waals surface area contributed by atoms with Gasteiger partial charge in [0.25, 0.3) is 0 Å². The fourth-order valence-electron chi connectivity index (χ4n) is 1.24. The van der Waals surface area contributed by atoms with E-state index < -0.39 is 5.82 Å². The van der Waals surface area contributed by atoms with Crippen LogP contribution in [0.25, 0.3) is 0 Å². The molecular weight excluding hydrogens is 273 g/mol. The van der Waals surface area contributed by atoms with Gasteiger partial charge in [0.1, 0.15) is 0 Å². The minimum absolute atomic E-state index is 0.171. The highest BCUT2D eigenvalue weighted by Crippen LogP contribution is 2.28. The Morgan fingerprint density at radius 3 is 2.81 bits per heavy atom. The molecule has 82 valence electrons. The van der Waals surface area contributed by atoms with Crippen molar-refractivity contribution in [3.63, 3.8) is 0 Å². The van der Waals surface area contributed by atoms with E-state index in [1.54, 1.807) is 30.5 Å². The monoisotopic (exact) mass is 281 g/mol. The fourth-order valence-corrected chi connectivity index (χ4v) is 1.58. The van der Waals surface area contributed by atoms with Crippen LogP contribution in [0.4, 0.5) is 4.39 Å². The van der Waals surface area contributed by atoms with Gasteiger partial charge in [0.15, 0.2) is 11.6 Å². The molecule has 0 radical (unpaired) electrons. The van der Waals surface area contributed by atoms with Crippen molar-refractivity contribution >= 4 is 15.9 Å². The van der Waals surface area contributed by atoms with Crippen LogP contribution in [0.2, 0.25) is 0 Å². The second-order valence-corrected chi connectivity index (χ2v) is 4.18. The van der Waals surface area contributed by atoms with Gasteiger partial charge in [0.05, 0.1) is 4.47 Å². The van der Waals surface area contributed by atoms with Crippen LogP contribution in [0.15, 0.2) is 41.0 Å². The molecule has 0 atom stereocenters. The van der Waals surface area contributed by atoms with E-state index in [4.69, 9.17) is 4.74 Å². The Balaban J connectivity index is 2.31. The number of aryl methyl sites for hydroxylation is 1. The van der Waals surface area contributed by atoms with Crippen LogP contribution in [0.5, 0.6) is 11.6 Å². The number of halogens is 2. The van der Waals surface area contributed by atoms with Gasteiger partial charge in [-0.25, -0.2) is 9.37 Å². The minimum atomic E-state index is -0.391. The zero-order valence-electron chi connectivity index (χ0n) is 8.58. The lowest BCUT2D eigenvalue weighted by molar-refractivity contribution is 0.424. The van der Waals surface area contributed by atoms with Crippen molar-refractivity contribution in [1.29, 1.82) is 0 Å². The summed E-state index contributed by atoms with van der Waals surface area (Å²) in [6.07, 6.45) is 1.59. The molecule has 0 bridgehead atoms. The summed E-state index contributed by atoms with van der Waals surface area (Å²) in [5.74, 6) is 0.132. The van der Waals surface area contributed by atoms with Crippen molar-refractivity contribution in [2.45, 2.75) is 6.92 Å². The Hall–Kier alpha value is -1.42. The molecule has 0 amide bonds. The molecule has 0 aliphatic carbocycles. The van der Waals surface area contributed by atoms with Gasteiger partial charge in [-0.2, -0.15) is 0 Å². The number of nitrogens with zero attached hydrogens (tertiary/aromatic N) is 1. The highest BCUT2D eigenvalue weighted by atomic mass is 79.9. The summed E-state index contributed by atoms with van der Waals surface area (Å²) in [5.41, 5.74) is 0.852. The summed E-state index contributed by atoms with van der Waals surface area (Å²) in [6.45, 7) is 1.82. The molecule has 0 fully saturated rings. The summed E-state index contributed by atoms with van der Waals surface area (Å²) < 4.78 is 19.6. The highest BCUT2D eigenvalue weighted by Gasteiger charge is 2.07. The van der Waals surface area contributed by atoms with Crippen molar-refractivity contribution in [1.82, 2.24) is 4.98 Å². The molecule has 0 aliphatic heterocycles. The van der Waals surface area contributed by atoms with E-state index in [1.165, 1.54) is 6.07 Å². The quantitative estimate of drug-likeness (QED) is 0.827. The number of ether oxygens (including phenoxy) is 1. The first kappa shape index (κ1) is 11.1. The van der Waals surface area contributed by atoms with Gasteiger partial charge in [0, 0.05) is 6.20 Å². The second-order valence-electron chi connectivity index (χ2n) is 3.33. The molecule has 1 aromatic heterocycles. The molecule has 0 N–H and O–H groups in total. The molecule has 16 heavy (non-hydrogen) atoms. The summed E-state index contributed by atoms with van der Waals surface area (Å²) >= 11 is 3.28. The summed E-state index contributed by atoms with van der Waals surface area (Å²) in [7, 11) is 0. The molecule has 0 spiro atoms. The van der Waals surface area contributed by atoms with E-state index >= 15 is 0 Å². The van der Waals surface area contributed by atoms with Crippen molar-refractivity contribution in [2.24, 2.45) is 0 Å². The summed E-state index contributed by atoms with van der Waals surface area (Å²) in [6, 6.07) is 8.35. The van der Waals surface area contributed by atoms with Crippen molar-refractivity contribution in [3.8, 4) is 11.6 Å². The van der Waals surface area contributed by atoms with Crippen molar-refractivity contribution in [3.05, 3.63) is 52.4 Å². The first-order valence-electron chi connectivity index (χ1n) is 4.71. The van der Waals surface area contributed by atoms with Crippen LogP contribution in [-0.4, -0.2) is 4.98 Å². The molecule has 2 nitrogen and oxygen atoms in total. The van der Waals surface area contributed by atoms with Crippen LogP contribution in [0.3, 0.4) is 0 Å². The third-order valence-electron chi connectivity index (χ3n) is 2.02. The number of hydrogen-bond acceptors (Lipinski definition) is 2. The largest absolute Gasteiger partial charge is 0.435 e. The predicted molar refractivity (Wildman–Crippen MR) is 63.1 cm³/mol. The van der Waals surface area contributed by atoms with Gasteiger partial charge >= 0.3 is 0 Å². The number of pyridine rings is 1. The van der Waals surface area contributed by atoms with Crippen LogP contribution >= 0.6 is 15.9 Å². The fraction of sp³-hybridized carbons (Fsp3) is 0.0833. The average molecular weight is 282 g/mol. The van der Waals surface area contributed by atoms with E-state index in [1.807, 2.05) is 6.92 Å². The van der Waals surface area contributed by atoms with Gasteiger partial charge in [-0.3, -0.25) is 0 Å². The minimum Gasteiger partial charge on any atom is -0.435 e. The Kier molecular flexibility index (Phi) is 3.19. The van der Waals surface area contributed by atoms with Gasteiger partial charge in [-0.05, 0) is 52.7 Å². The Bertz CT molecular complexity index is 516. The van der Waals surface area contributed by atoms with E-state index in [0.29, 0.717) is 10.4 Å². The predicted octanol–water partition coefficient (Wildman–Crippen LogP) is 4.08. The van der Waals surface area contributed by atoms with E-state index in [2.05, 4.69) is 20.9 Å². The molecule has 0 aliphatic rings. The third kappa shape index (κ3) is 2.39. The van der Waals surface area contributed by atoms with Crippen molar-refractivity contribution in [2.75, 3.05) is 0 Å². The molecule has 0 saturated heterocycles. The smallest absolute Gasteiger partial charge is 0.233 e. The topological polar surface area (TPSA) is 22.1 Å². The SMILES string of the molecule is Cc1ccc(Oc2ncccc2Br)c(F)c1. The average Bonchev–Trinajstić information content (AvgIpc) is 2.25. The lowest BCUT2D eigenvalue weighted by atomic mass is 10.2. The molecule has 0 unspecified atom stereocenters. The maximum Gasteiger partial charge on any atom is 0.233 e. The van der Waals surface area contributed by atoms with E-state index in [9.17, 15) is 4.39 Å². The zero-order valence-corrected chi connectivity index (χ0v) is 10.2. The molecule has 2 aromatic rings. The first-order valence-corrected chi connectivity index (χ1v) is 5.50. The number of hydrogen-bond donors (Lipinski definition) is 0. The van der Waals surface area contributed by atoms with Gasteiger partial charge in [-0.15, -0.1) is 0 Å². The Morgan fingerprint density at radius 2 is 2.12 bits per heavy atom. The maximum absolute atomic E-state index is 13.5. The highest BCUT2D eigenvalue weighted by molar-refractivity contribution is 9.10.